The fourth-order valence-electron chi connectivity index (χ4n) is 5.37. The number of rotatable bonds is 8. The van der Waals surface area contributed by atoms with Crippen molar-refractivity contribution in [2.75, 3.05) is 38.7 Å². The van der Waals surface area contributed by atoms with E-state index in [9.17, 15) is 0 Å². The fraction of sp³-hybridized carbons (Fsp3) is 0.345. The Balaban J connectivity index is 1.27. The molecule has 3 heterocycles. The lowest BCUT2D eigenvalue weighted by Crippen LogP contribution is -2.25. The van der Waals surface area contributed by atoms with Crippen molar-refractivity contribution in [2.24, 2.45) is 7.05 Å². The molecule has 6 rings (SSSR count). The molecule has 1 aliphatic carbocycles. The summed E-state index contributed by atoms with van der Waals surface area (Å²) < 4.78 is 13.6. The van der Waals surface area contributed by atoms with E-state index in [4.69, 9.17) is 31.2 Å². The Morgan fingerprint density at radius 2 is 1.92 bits per heavy atom. The molecule has 8 nitrogen and oxygen atoms in total. The maximum absolute atomic E-state index is 6.59. The first-order chi connectivity index (χ1) is 18.6. The molecule has 1 aliphatic heterocycles. The van der Waals surface area contributed by atoms with Crippen molar-refractivity contribution >= 4 is 23.2 Å². The molecule has 9 heteroatoms. The standard InChI is InChI=1S/C29H31ClN6O2/c1-35-28(21-7-3-4-8-22(21)30)26-24(34-35)11-9-19-18-31-29(33-27(19)26)32-23-12-10-20(17-25(23)37-2)38-16-15-36-13-5-6-14-36/h3-4,7-8,10,12,17-18H,5-6,9,11,13-16H2,1-2H3,(H,31,32,33). The van der Waals surface area contributed by atoms with Crippen LogP contribution in [0.5, 0.6) is 11.5 Å². The third-order valence-corrected chi connectivity index (χ3v) is 7.61. The summed E-state index contributed by atoms with van der Waals surface area (Å²) in [6.45, 7) is 3.93. The quantitative estimate of drug-likeness (QED) is 0.321. The summed E-state index contributed by atoms with van der Waals surface area (Å²) in [5.74, 6) is 1.94. The number of halogens is 1. The molecule has 0 saturated carbocycles. The minimum absolute atomic E-state index is 0.492. The fourth-order valence-corrected chi connectivity index (χ4v) is 5.59. The largest absolute Gasteiger partial charge is 0.494 e. The molecular formula is C29H31ClN6O2. The maximum Gasteiger partial charge on any atom is 0.227 e. The number of aromatic nitrogens is 4. The topological polar surface area (TPSA) is 77.3 Å². The van der Waals surface area contributed by atoms with Crippen molar-refractivity contribution in [1.29, 1.82) is 0 Å². The number of ether oxygens (including phenoxy) is 2. The predicted molar refractivity (Wildman–Crippen MR) is 150 cm³/mol. The van der Waals surface area contributed by atoms with E-state index in [-0.39, 0.29) is 0 Å². The third-order valence-electron chi connectivity index (χ3n) is 7.28. The Morgan fingerprint density at radius 3 is 2.74 bits per heavy atom. The molecule has 2 aromatic heterocycles. The van der Waals surface area contributed by atoms with E-state index >= 15 is 0 Å². The van der Waals surface area contributed by atoms with Gasteiger partial charge in [-0.25, -0.2) is 9.97 Å². The summed E-state index contributed by atoms with van der Waals surface area (Å²) in [5.41, 5.74) is 6.68. The van der Waals surface area contributed by atoms with E-state index in [0.29, 0.717) is 23.3 Å². The number of nitrogens with one attached hydrogen (secondary N) is 1. The van der Waals surface area contributed by atoms with Crippen LogP contribution in [0.15, 0.2) is 48.7 Å². The Labute approximate surface area is 227 Å². The van der Waals surface area contributed by atoms with Gasteiger partial charge in [0, 0.05) is 42.0 Å². The van der Waals surface area contributed by atoms with Gasteiger partial charge in [-0.15, -0.1) is 0 Å². The zero-order valence-corrected chi connectivity index (χ0v) is 22.5. The number of nitrogens with zero attached hydrogens (tertiary/aromatic N) is 5. The molecule has 0 atom stereocenters. The van der Waals surface area contributed by atoms with Crippen molar-refractivity contribution in [1.82, 2.24) is 24.6 Å². The first-order valence-electron chi connectivity index (χ1n) is 13.1. The molecule has 0 amide bonds. The third kappa shape index (κ3) is 4.81. The number of likely N-dealkylation sites (tertiary alicyclic amines) is 1. The molecule has 4 aromatic rings. The number of fused-ring (bicyclic) bond motifs is 3. The summed E-state index contributed by atoms with van der Waals surface area (Å²) in [7, 11) is 3.61. The zero-order chi connectivity index (χ0) is 26.1. The smallest absolute Gasteiger partial charge is 0.227 e. The van der Waals surface area contributed by atoms with Crippen molar-refractivity contribution in [3.8, 4) is 34.0 Å². The van der Waals surface area contributed by atoms with Crippen LogP contribution in [0, 0.1) is 0 Å². The SMILES string of the molecule is COc1cc(OCCN2CCCC2)ccc1Nc1ncc2c(n1)-c1c(nn(C)c1-c1ccccc1Cl)CC2. The molecule has 0 bridgehead atoms. The van der Waals surface area contributed by atoms with Gasteiger partial charge in [-0.3, -0.25) is 9.58 Å². The van der Waals surface area contributed by atoms with Crippen molar-refractivity contribution in [2.45, 2.75) is 25.7 Å². The summed E-state index contributed by atoms with van der Waals surface area (Å²) in [6, 6.07) is 13.6. The molecule has 38 heavy (non-hydrogen) atoms. The van der Waals surface area contributed by atoms with Gasteiger partial charge in [0.2, 0.25) is 5.95 Å². The van der Waals surface area contributed by atoms with Crippen LogP contribution in [0.2, 0.25) is 5.02 Å². The molecule has 1 fully saturated rings. The van der Waals surface area contributed by atoms with Gasteiger partial charge in [0.05, 0.1) is 29.9 Å². The summed E-state index contributed by atoms with van der Waals surface area (Å²) in [6.07, 6.45) is 6.14. The number of anilines is 2. The summed E-state index contributed by atoms with van der Waals surface area (Å²) in [4.78, 5) is 12.0. The minimum atomic E-state index is 0.492. The first-order valence-corrected chi connectivity index (χ1v) is 13.5. The van der Waals surface area contributed by atoms with E-state index in [1.807, 2.05) is 60.4 Å². The lowest BCUT2D eigenvalue weighted by atomic mass is 9.91. The second-order valence-corrected chi connectivity index (χ2v) is 10.1. The van der Waals surface area contributed by atoms with E-state index in [1.165, 1.54) is 12.8 Å². The van der Waals surface area contributed by atoms with Gasteiger partial charge >= 0.3 is 0 Å². The van der Waals surface area contributed by atoms with Crippen LogP contribution in [0.4, 0.5) is 11.6 Å². The summed E-state index contributed by atoms with van der Waals surface area (Å²) >= 11 is 6.59. The average Bonchev–Trinajstić information content (AvgIpc) is 3.57. The highest BCUT2D eigenvalue weighted by Gasteiger charge is 2.28. The highest BCUT2D eigenvalue weighted by Crippen LogP contribution is 2.42. The molecular weight excluding hydrogens is 500 g/mol. The van der Waals surface area contributed by atoms with Crippen LogP contribution in [0.1, 0.15) is 24.1 Å². The molecule has 0 unspecified atom stereocenters. The van der Waals surface area contributed by atoms with Crippen molar-refractivity contribution in [3.05, 3.63) is 64.9 Å². The van der Waals surface area contributed by atoms with Crippen LogP contribution in [-0.2, 0) is 19.9 Å². The molecule has 196 valence electrons. The van der Waals surface area contributed by atoms with Gasteiger partial charge in [-0.2, -0.15) is 5.10 Å². The van der Waals surface area contributed by atoms with E-state index in [2.05, 4.69) is 15.2 Å². The minimum Gasteiger partial charge on any atom is -0.494 e. The molecule has 0 spiro atoms. The molecule has 2 aliphatic rings. The van der Waals surface area contributed by atoms with Gasteiger partial charge in [-0.05, 0) is 62.5 Å². The lowest BCUT2D eigenvalue weighted by Gasteiger charge is -2.18. The number of hydrogen-bond acceptors (Lipinski definition) is 7. The number of aryl methyl sites for hydroxylation is 3. The van der Waals surface area contributed by atoms with Gasteiger partial charge in [-0.1, -0.05) is 29.8 Å². The predicted octanol–water partition coefficient (Wildman–Crippen LogP) is 5.52. The monoisotopic (exact) mass is 530 g/mol. The molecule has 0 radical (unpaired) electrons. The Hall–Kier alpha value is -3.62. The van der Waals surface area contributed by atoms with Crippen LogP contribution in [0.25, 0.3) is 22.5 Å². The van der Waals surface area contributed by atoms with Gasteiger partial charge in [0.15, 0.2) is 0 Å². The van der Waals surface area contributed by atoms with Crippen LogP contribution in [-0.4, -0.2) is 58.0 Å². The van der Waals surface area contributed by atoms with Crippen LogP contribution >= 0.6 is 11.6 Å². The second kappa shape index (κ2) is 10.6. The molecule has 1 saturated heterocycles. The van der Waals surface area contributed by atoms with Crippen molar-refractivity contribution < 1.29 is 9.47 Å². The van der Waals surface area contributed by atoms with Gasteiger partial charge in [0.1, 0.15) is 18.1 Å². The normalized spacial score (nSPS) is 14.7. The van der Waals surface area contributed by atoms with Gasteiger partial charge < -0.3 is 14.8 Å². The summed E-state index contributed by atoms with van der Waals surface area (Å²) in [5, 5.41) is 8.84. The Bertz CT molecular complexity index is 1460. The van der Waals surface area contributed by atoms with Crippen LogP contribution < -0.4 is 14.8 Å². The Morgan fingerprint density at radius 1 is 1.08 bits per heavy atom. The zero-order valence-electron chi connectivity index (χ0n) is 21.7. The highest BCUT2D eigenvalue weighted by atomic mass is 35.5. The second-order valence-electron chi connectivity index (χ2n) is 9.73. The van der Waals surface area contributed by atoms with Crippen LogP contribution in [0.3, 0.4) is 0 Å². The van der Waals surface area contributed by atoms with E-state index in [0.717, 1.165) is 77.7 Å². The van der Waals surface area contributed by atoms with Gasteiger partial charge in [0.25, 0.3) is 0 Å². The van der Waals surface area contributed by atoms with E-state index < -0.39 is 0 Å². The number of benzene rings is 2. The van der Waals surface area contributed by atoms with Crippen molar-refractivity contribution in [3.63, 3.8) is 0 Å². The highest BCUT2D eigenvalue weighted by molar-refractivity contribution is 6.33. The molecule has 2 aromatic carbocycles. The lowest BCUT2D eigenvalue weighted by molar-refractivity contribution is 0.237. The first kappa shape index (κ1) is 24.7. The Kier molecular flexibility index (Phi) is 6.91. The molecule has 1 N–H and O–H groups in total. The maximum atomic E-state index is 6.59. The number of hydrogen-bond donors (Lipinski definition) is 1. The van der Waals surface area contributed by atoms with E-state index in [1.54, 1.807) is 7.11 Å². The number of methoxy groups -OCH3 is 1. The average molecular weight is 531 g/mol.